The number of carbonyl (C=O) groups excluding carboxylic acids is 1. The van der Waals surface area contributed by atoms with Crippen molar-refractivity contribution in [3.05, 3.63) is 29.1 Å². The second-order valence-corrected chi connectivity index (χ2v) is 5.55. The number of hydrogen-bond donors (Lipinski definition) is 2. The first-order chi connectivity index (χ1) is 8.56. The number of likely N-dealkylation sites (N-methyl/N-ethyl adjacent to an activating group) is 1. The van der Waals surface area contributed by atoms with Crippen LogP contribution >= 0.6 is 11.3 Å². The van der Waals surface area contributed by atoms with Crippen molar-refractivity contribution in [2.24, 2.45) is 0 Å². The van der Waals surface area contributed by atoms with E-state index in [4.69, 9.17) is 5.73 Å². The third kappa shape index (κ3) is 3.00. The van der Waals surface area contributed by atoms with E-state index in [-0.39, 0.29) is 5.91 Å². The molecule has 4 nitrogen and oxygen atoms in total. The van der Waals surface area contributed by atoms with E-state index >= 15 is 0 Å². The van der Waals surface area contributed by atoms with Gasteiger partial charge in [0.1, 0.15) is 0 Å². The summed E-state index contributed by atoms with van der Waals surface area (Å²) in [6.07, 6.45) is 0. The van der Waals surface area contributed by atoms with Crippen molar-refractivity contribution in [1.82, 2.24) is 10.2 Å². The molecule has 0 aliphatic heterocycles. The molecule has 5 heteroatoms. The van der Waals surface area contributed by atoms with Crippen molar-refractivity contribution < 1.29 is 4.79 Å². The fourth-order valence-corrected chi connectivity index (χ4v) is 2.61. The summed E-state index contributed by atoms with van der Waals surface area (Å²) in [5.74, 6) is -0.0170. The molecule has 3 N–H and O–H groups in total. The van der Waals surface area contributed by atoms with Crippen molar-refractivity contribution in [2.75, 3.05) is 32.9 Å². The first-order valence-electron chi connectivity index (χ1n) is 5.78. The molecule has 2 rings (SSSR count). The molecule has 0 fully saturated rings. The molecule has 0 aliphatic rings. The lowest BCUT2D eigenvalue weighted by atomic mass is 10.2. The van der Waals surface area contributed by atoms with Gasteiger partial charge in [-0.3, -0.25) is 4.79 Å². The molecule has 0 aliphatic carbocycles. The predicted octanol–water partition coefficient (Wildman–Crippen LogP) is 1.77. The maximum atomic E-state index is 11.9. The number of nitrogens with zero attached hydrogens (tertiary/aromatic N) is 1. The summed E-state index contributed by atoms with van der Waals surface area (Å²) < 4.78 is 1.09. The van der Waals surface area contributed by atoms with Gasteiger partial charge in [-0.2, -0.15) is 0 Å². The minimum Gasteiger partial charge on any atom is -0.399 e. The van der Waals surface area contributed by atoms with Crippen molar-refractivity contribution in [2.45, 2.75) is 0 Å². The lowest BCUT2D eigenvalue weighted by Crippen LogP contribution is -2.30. The number of rotatable bonds is 4. The van der Waals surface area contributed by atoms with E-state index in [1.165, 1.54) is 11.3 Å². The first kappa shape index (κ1) is 12.9. The highest BCUT2D eigenvalue weighted by Gasteiger charge is 2.09. The Morgan fingerprint density at radius 2 is 2.17 bits per heavy atom. The molecule has 0 bridgehead atoms. The zero-order chi connectivity index (χ0) is 13.1. The van der Waals surface area contributed by atoms with Gasteiger partial charge in [0.2, 0.25) is 0 Å². The molecule has 0 spiro atoms. The maximum absolute atomic E-state index is 11.9. The second kappa shape index (κ2) is 5.37. The quantitative estimate of drug-likeness (QED) is 0.827. The molecular weight excluding hydrogens is 246 g/mol. The SMILES string of the molecule is CN(C)CCNC(=O)c1cc2cc(N)ccc2s1. The molecule has 1 aromatic heterocycles. The molecular formula is C13H17N3OS. The number of thiophene rings is 1. The van der Waals surface area contributed by atoms with Gasteiger partial charge >= 0.3 is 0 Å². The Labute approximate surface area is 110 Å². The Morgan fingerprint density at radius 3 is 2.89 bits per heavy atom. The first-order valence-corrected chi connectivity index (χ1v) is 6.60. The van der Waals surface area contributed by atoms with Crippen molar-refractivity contribution in [3.63, 3.8) is 0 Å². The van der Waals surface area contributed by atoms with Crippen molar-refractivity contribution in [1.29, 1.82) is 0 Å². The Balaban J connectivity index is 2.08. The zero-order valence-electron chi connectivity index (χ0n) is 10.6. The minimum atomic E-state index is -0.0170. The largest absolute Gasteiger partial charge is 0.399 e. The normalized spacial score (nSPS) is 11.1. The summed E-state index contributed by atoms with van der Waals surface area (Å²) in [6, 6.07) is 7.59. The molecule has 0 atom stereocenters. The van der Waals surface area contributed by atoms with Gasteiger partial charge in [-0.15, -0.1) is 11.3 Å². The van der Waals surface area contributed by atoms with Gasteiger partial charge in [0.25, 0.3) is 5.91 Å². The van der Waals surface area contributed by atoms with Crippen LogP contribution in [-0.2, 0) is 0 Å². The number of nitrogens with two attached hydrogens (primary N) is 1. The molecule has 2 aromatic rings. The van der Waals surface area contributed by atoms with Gasteiger partial charge in [-0.05, 0) is 43.7 Å². The second-order valence-electron chi connectivity index (χ2n) is 4.47. The molecule has 1 aromatic carbocycles. The average Bonchev–Trinajstić information content (AvgIpc) is 2.71. The number of fused-ring (bicyclic) bond motifs is 1. The molecule has 0 unspecified atom stereocenters. The monoisotopic (exact) mass is 263 g/mol. The third-order valence-electron chi connectivity index (χ3n) is 2.61. The smallest absolute Gasteiger partial charge is 0.261 e. The topological polar surface area (TPSA) is 58.4 Å². The van der Waals surface area contributed by atoms with E-state index in [1.807, 2.05) is 43.3 Å². The highest BCUT2D eigenvalue weighted by Crippen LogP contribution is 2.27. The number of nitrogen functional groups attached to an aromatic ring is 1. The Kier molecular flexibility index (Phi) is 3.84. The van der Waals surface area contributed by atoms with E-state index in [0.717, 1.165) is 27.2 Å². The Bertz CT molecular complexity index is 562. The van der Waals surface area contributed by atoms with Crippen LogP contribution in [-0.4, -0.2) is 38.0 Å². The summed E-state index contributed by atoms with van der Waals surface area (Å²) in [7, 11) is 3.96. The van der Waals surface area contributed by atoms with E-state index in [9.17, 15) is 4.79 Å². The highest BCUT2D eigenvalue weighted by molar-refractivity contribution is 7.20. The summed E-state index contributed by atoms with van der Waals surface area (Å²) in [5.41, 5.74) is 6.44. The van der Waals surface area contributed by atoms with Crippen LogP contribution in [0.4, 0.5) is 5.69 Å². The van der Waals surface area contributed by atoms with E-state index in [2.05, 4.69) is 5.32 Å². The van der Waals surface area contributed by atoms with E-state index in [0.29, 0.717) is 6.54 Å². The molecule has 18 heavy (non-hydrogen) atoms. The molecule has 96 valence electrons. The van der Waals surface area contributed by atoms with Crippen LogP contribution in [0, 0.1) is 0 Å². The minimum absolute atomic E-state index is 0.0170. The summed E-state index contributed by atoms with van der Waals surface area (Å²) in [5, 5.41) is 3.93. The van der Waals surface area contributed by atoms with Gasteiger partial charge in [0.15, 0.2) is 0 Å². The van der Waals surface area contributed by atoms with Crippen LogP contribution in [0.25, 0.3) is 10.1 Å². The lowest BCUT2D eigenvalue weighted by Gasteiger charge is -2.09. The van der Waals surface area contributed by atoms with Gasteiger partial charge in [0.05, 0.1) is 4.88 Å². The van der Waals surface area contributed by atoms with Gasteiger partial charge < -0.3 is 16.0 Å². The molecule has 0 saturated carbocycles. The standard InChI is InChI=1S/C13H17N3OS/c1-16(2)6-5-15-13(17)12-8-9-7-10(14)3-4-11(9)18-12/h3-4,7-8H,5-6,14H2,1-2H3,(H,15,17). The van der Waals surface area contributed by atoms with E-state index < -0.39 is 0 Å². The number of carbonyl (C=O) groups is 1. The zero-order valence-corrected chi connectivity index (χ0v) is 11.4. The average molecular weight is 263 g/mol. The van der Waals surface area contributed by atoms with Gasteiger partial charge in [-0.25, -0.2) is 0 Å². The fraction of sp³-hybridized carbons (Fsp3) is 0.308. The van der Waals surface area contributed by atoms with Gasteiger partial charge in [-0.1, -0.05) is 0 Å². The highest BCUT2D eigenvalue weighted by atomic mass is 32.1. The Morgan fingerprint density at radius 1 is 1.39 bits per heavy atom. The molecule has 0 saturated heterocycles. The maximum Gasteiger partial charge on any atom is 0.261 e. The van der Waals surface area contributed by atoms with Crippen LogP contribution in [0.15, 0.2) is 24.3 Å². The van der Waals surface area contributed by atoms with Crippen LogP contribution in [0.3, 0.4) is 0 Å². The molecule has 1 heterocycles. The molecule has 1 amide bonds. The van der Waals surface area contributed by atoms with Crippen LogP contribution in [0.5, 0.6) is 0 Å². The van der Waals surface area contributed by atoms with Crippen LogP contribution in [0.1, 0.15) is 9.67 Å². The number of amides is 1. The fourth-order valence-electron chi connectivity index (χ4n) is 1.65. The summed E-state index contributed by atoms with van der Waals surface area (Å²) >= 11 is 1.49. The van der Waals surface area contributed by atoms with Crippen LogP contribution < -0.4 is 11.1 Å². The molecule has 0 radical (unpaired) electrons. The number of hydrogen-bond acceptors (Lipinski definition) is 4. The number of benzene rings is 1. The lowest BCUT2D eigenvalue weighted by molar-refractivity contribution is 0.0955. The number of anilines is 1. The van der Waals surface area contributed by atoms with Crippen molar-refractivity contribution >= 4 is 33.0 Å². The summed E-state index contributed by atoms with van der Waals surface area (Å²) in [6.45, 7) is 1.49. The van der Waals surface area contributed by atoms with Gasteiger partial charge in [0, 0.05) is 23.5 Å². The Hall–Kier alpha value is -1.59. The van der Waals surface area contributed by atoms with E-state index in [1.54, 1.807) is 0 Å². The summed E-state index contributed by atoms with van der Waals surface area (Å²) in [4.78, 5) is 14.7. The van der Waals surface area contributed by atoms with Crippen molar-refractivity contribution in [3.8, 4) is 0 Å². The van der Waals surface area contributed by atoms with Crippen LogP contribution in [0.2, 0.25) is 0 Å². The number of nitrogens with one attached hydrogen (secondary N) is 1. The third-order valence-corrected chi connectivity index (χ3v) is 3.72. The predicted molar refractivity (Wildman–Crippen MR) is 77.1 cm³/mol.